The number of carbonyl (C=O) groups is 2. The number of hydrogen-bond acceptors (Lipinski definition) is 4. The third kappa shape index (κ3) is 3.58. The van der Waals surface area contributed by atoms with Crippen LogP contribution >= 0.6 is 0 Å². The molecule has 2 N–H and O–H groups in total. The molecule has 1 heterocycles. The summed E-state index contributed by atoms with van der Waals surface area (Å²) in [5.41, 5.74) is 0.236. The molecule has 1 amide bonds. The molecule has 1 atom stereocenters. The lowest BCUT2D eigenvalue weighted by atomic mass is 9.83. The lowest BCUT2D eigenvalue weighted by Crippen LogP contribution is -2.50. The highest BCUT2D eigenvalue weighted by Gasteiger charge is 2.38. The van der Waals surface area contributed by atoms with Gasteiger partial charge in [-0.3, -0.25) is 9.59 Å². The van der Waals surface area contributed by atoms with E-state index in [0.29, 0.717) is 16.7 Å². The molecule has 0 radical (unpaired) electrons. The molecule has 23 heavy (non-hydrogen) atoms. The first-order valence-electron chi connectivity index (χ1n) is 6.92. The highest BCUT2D eigenvalue weighted by atomic mass is 16.4. The van der Waals surface area contributed by atoms with E-state index in [9.17, 15) is 14.7 Å². The zero-order valence-corrected chi connectivity index (χ0v) is 12.7. The van der Waals surface area contributed by atoms with E-state index < -0.39 is 23.3 Å². The van der Waals surface area contributed by atoms with Gasteiger partial charge in [-0.1, -0.05) is 0 Å². The number of nitrogens with zero attached hydrogens (tertiary/aromatic N) is 1. The smallest absolute Gasteiger partial charge is 0.313 e. The molecule has 1 aromatic carbocycles. The first kappa shape index (κ1) is 16.3. The van der Waals surface area contributed by atoms with Crippen molar-refractivity contribution in [2.75, 3.05) is 0 Å². The van der Waals surface area contributed by atoms with Crippen molar-refractivity contribution in [3.63, 3.8) is 0 Å². The predicted octanol–water partition coefficient (Wildman–Crippen LogP) is 2.53. The zero-order chi connectivity index (χ0) is 17.0. The quantitative estimate of drug-likeness (QED) is 0.883. The highest BCUT2D eigenvalue weighted by molar-refractivity contribution is 5.95. The van der Waals surface area contributed by atoms with Crippen molar-refractivity contribution in [2.45, 2.75) is 25.3 Å². The van der Waals surface area contributed by atoms with Gasteiger partial charge in [0.15, 0.2) is 0 Å². The number of carboxylic acid groups (broad SMARTS) is 1. The van der Waals surface area contributed by atoms with E-state index in [-0.39, 0.29) is 0 Å². The summed E-state index contributed by atoms with van der Waals surface area (Å²) in [6, 6.07) is 9.66. The summed E-state index contributed by atoms with van der Waals surface area (Å²) in [6.07, 6.45) is 2.75. The molecule has 0 bridgehead atoms. The van der Waals surface area contributed by atoms with Crippen molar-refractivity contribution in [1.29, 1.82) is 5.26 Å². The van der Waals surface area contributed by atoms with Crippen LogP contribution in [0.15, 0.2) is 47.3 Å². The second-order valence-electron chi connectivity index (χ2n) is 5.69. The number of benzene rings is 1. The molecule has 1 aromatic heterocycles. The molecule has 0 aliphatic rings. The SMILES string of the molecule is CC(C)(NC(=O)c1ccc(C#N)cc1)C(C(=O)O)c1ccoc1. The fourth-order valence-corrected chi connectivity index (χ4v) is 2.44. The summed E-state index contributed by atoms with van der Waals surface area (Å²) in [7, 11) is 0. The van der Waals surface area contributed by atoms with Crippen LogP contribution in [0.3, 0.4) is 0 Å². The highest BCUT2D eigenvalue weighted by Crippen LogP contribution is 2.29. The normalized spacial score (nSPS) is 12.2. The first-order valence-corrected chi connectivity index (χ1v) is 6.92. The largest absolute Gasteiger partial charge is 0.481 e. The van der Waals surface area contributed by atoms with Crippen molar-refractivity contribution in [3.05, 3.63) is 59.5 Å². The number of carbonyl (C=O) groups excluding carboxylic acids is 1. The van der Waals surface area contributed by atoms with Crippen LogP contribution in [-0.4, -0.2) is 22.5 Å². The van der Waals surface area contributed by atoms with Gasteiger partial charge in [-0.05, 0) is 44.2 Å². The Morgan fingerprint density at radius 1 is 1.26 bits per heavy atom. The monoisotopic (exact) mass is 312 g/mol. The molecule has 0 fully saturated rings. The maximum atomic E-state index is 12.3. The van der Waals surface area contributed by atoms with Crippen LogP contribution in [0.2, 0.25) is 0 Å². The van der Waals surface area contributed by atoms with Gasteiger partial charge in [0.1, 0.15) is 5.92 Å². The number of carboxylic acids is 1. The van der Waals surface area contributed by atoms with Crippen LogP contribution in [0.5, 0.6) is 0 Å². The maximum absolute atomic E-state index is 12.3. The molecular weight excluding hydrogens is 296 g/mol. The van der Waals surface area contributed by atoms with Gasteiger partial charge in [0, 0.05) is 11.1 Å². The van der Waals surface area contributed by atoms with Crippen molar-refractivity contribution >= 4 is 11.9 Å². The van der Waals surface area contributed by atoms with E-state index in [4.69, 9.17) is 9.68 Å². The minimum absolute atomic E-state index is 0.355. The topological polar surface area (TPSA) is 103 Å². The number of aliphatic carboxylic acids is 1. The molecule has 118 valence electrons. The maximum Gasteiger partial charge on any atom is 0.313 e. The molecule has 6 heteroatoms. The summed E-state index contributed by atoms with van der Waals surface area (Å²) < 4.78 is 4.95. The third-order valence-electron chi connectivity index (χ3n) is 3.56. The van der Waals surface area contributed by atoms with Crippen LogP contribution in [-0.2, 0) is 4.79 Å². The molecule has 0 aliphatic carbocycles. The molecular formula is C17H16N2O4. The van der Waals surface area contributed by atoms with Gasteiger partial charge in [0.2, 0.25) is 0 Å². The number of rotatable bonds is 5. The number of amides is 1. The second kappa shape index (κ2) is 6.36. The van der Waals surface area contributed by atoms with Crippen LogP contribution in [0.4, 0.5) is 0 Å². The Balaban J connectivity index is 2.23. The van der Waals surface area contributed by atoms with Gasteiger partial charge in [-0.2, -0.15) is 5.26 Å². The summed E-state index contributed by atoms with van der Waals surface area (Å²) in [4.78, 5) is 24.0. The predicted molar refractivity (Wildman–Crippen MR) is 81.8 cm³/mol. The van der Waals surface area contributed by atoms with E-state index in [2.05, 4.69) is 5.32 Å². The molecule has 0 saturated heterocycles. The van der Waals surface area contributed by atoms with E-state index in [1.165, 1.54) is 36.8 Å². The molecule has 2 rings (SSSR count). The minimum atomic E-state index is -1.06. The Kier molecular flexibility index (Phi) is 4.51. The van der Waals surface area contributed by atoms with E-state index in [1.807, 2.05) is 6.07 Å². The van der Waals surface area contributed by atoms with Crippen LogP contribution in [0.25, 0.3) is 0 Å². The van der Waals surface area contributed by atoms with Crippen LogP contribution in [0.1, 0.15) is 41.3 Å². The third-order valence-corrected chi connectivity index (χ3v) is 3.56. The van der Waals surface area contributed by atoms with Gasteiger partial charge in [0.05, 0.1) is 29.7 Å². The molecule has 2 aromatic rings. The fourth-order valence-electron chi connectivity index (χ4n) is 2.44. The lowest BCUT2D eigenvalue weighted by Gasteiger charge is -2.32. The number of nitrogens with one attached hydrogen (secondary N) is 1. The van der Waals surface area contributed by atoms with E-state index >= 15 is 0 Å². The zero-order valence-electron chi connectivity index (χ0n) is 12.7. The van der Waals surface area contributed by atoms with Crippen molar-refractivity contribution in [1.82, 2.24) is 5.32 Å². The van der Waals surface area contributed by atoms with Gasteiger partial charge in [-0.25, -0.2) is 0 Å². The Morgan fingerprint density at radius 3 is 2.39 bits per heavy atom. The van der Waals surface area contributed by atoms with Gasteiger partial charge in [-0.15, -0.1) is 0 Å². The van der Waals surface area contributed by atoms with Crippen LogP contribution < -0.4 is 5.32 Å². The Bertz CT molecular complexity index is 740. The van der Waals surface area contributed by atoms with Gasteiger partial charge < -0.3 is 14.8 Å². The first-order chi connectivity index (χ1) is 10.8. The Morgan fingerprint density at radius 2 is 1.91 bits per heavy atom. The fraction of sp³-hybridized carbons (Fsp3) is 0.235. The molecule has 1 unspecified atom stereocenters. The van der Waals surface area contributed by atoms with Crippen molar-refractivity contribution in [3.8, 4) is 6.07 Å². The van der Waals surface area contributed by atoms with Gasteiger partial charge in [0.25, 0.3) is 5.91 Å². The van der Waals surface area contributed by atoms with Crippen molar-refractivity contribution < 1.29 is 19.1 Å². The molecule has 0 spiro atoms. The van der Waals surface area contributed by atoms with Crippen LogP contribution in [0, 0.1) is 11.3 Å². The Labute approximate surface area is 133 Å². The summed E-state index contributed by atoms with van der Waals surface area (Å²) >= 11 is 0. The standard InChI is InChI=1S/C17H16N2O4/c1-17(2,14(16(21)22)13-7-8-23-10-13)19-15(20)12-5-3-11(9-18)4-6-12/h3-8,10,14H,1-2H3,(H,19,20)(H,21,22). The molecule has 0 aliphatic heterocycles. The average molecular weight is 312 g/mol. The average Bonchev–Trinajstić information content (AvgIpc) is 2.99. The minimum Gasteiger partial charge on any atom is -0.481 e. The van der Waals surface area contributed by atoms with E-state index in [1.54, 1.807) is 19.9 Å². The summed E-state index contributed by atoms with van der Waals surface area (Å²) in [6.45, 7) is 3.28. The van der Waals surface area contributed by atoms with Crippen molar-refractivity contribution in [2.24, 2.45) is 0 Å². The molecule has 6 nitrogen and oxygen atoms in total. The summed E-state index contributed by atoms with van der Waals surface area (Å²) in [5, 5.41) is 21.0. The number of hydrogen-bond donors (Lipinski definition) is 2. The van der Waals surface area contributed by atoms with Gasteiger partial charge >= 0.3 is 5.97 Å². The lowest BCUT2D eigenvalue weighted by molar-refractivity contribution is -0.140. The Hall–Kier alpha value is -3.07. The van der Waals surface area contributed by atoms with E-state index in [0.717, 1.165) is 0 Å². The number of furan rings is 1. The summed E-state index contributed by atoms with van der Waals surface area (Å²) in [5.74, 6) is -2.42. The molecule has 0 saturated carbocycles. The number of nitriles is 1. The second-order valence-corrected chi connectivity index (χ2v) is 5.69.